The van der Waals surface area contributed by atoms with Crippen LogP contribution in [0.2, 0.25) is 0 Å². The lowest BCUT2D eigenvalue weighted by atomic mass is 10.0. The van der Waals surface area contributed by atoms with Crippen molar-refractivity contribution in [1.29, 1.82) is 0 Å². The van der Waals surface area contributed by atoms with Crippen molar-refractivity contribution in [2.45, 2.75) is 56.2 Å². The summed E-state index contributed by atoms with van der Waals surface area (Å²) in [5.41, 5.74) is 14.8. The number of amides is 1. The number of aromatic nitrogens is 1. The minimum absolute atomic E-state index is 0.157. The molecule has 10 nitrogen and oxygen atoms in total. The van der Waals surface area contributed by atoms with Gasteiger partial charge < -0.3 is 26.8 Å². The number of thiophene rings is 1. The summed E-state index contributed by atoms with van der Waals surface area (Å²) in [6.45, 7) is 4.27. The van der Waals surface area contributed by atoms with Crippen LogP contribution in [-0.2, 0) is 23.0 Å². The number of aryl methyl sites for hydroxylation is 1. The average Bonchev–Trinajstić information content (AvgIpc) is 3.36. The van der Waals surface area contributed by atoms with E-state index in [4.69, 9.17) is 16.5 Å². The van der Waals surface area contributed by atoms with Crippen LogP contribution in [0.5, 0.6) is 0 Å². The van der Waals surface area contributed by atoms with E-state index in [2.05, 4.69) is 27.9 Å². The number of pyridine rings is 1. The average molecular weight is 623 g/mol. The summed E-state index contributed by atoms with van der Waals surface area (Å²) in [5, 5.41) is 15.1. The number of piperidine rings is 1. The second kappa shape index (κ2) is 13.4. The van der Waals surface area contributed by atoms with E-state index in [9.17, 15) is 18.3 Å². The molecule has 1 aliphatic rings. The Bertz CT molecular complexity index is 1670. The van der Waals surface area contributed by atoms with Gasteiger partial charge >= 0.3 is 0 Å². The highest BCUT2D eigenvalue weighted by molar-refractivity contribution is 7.89. The molecule has 0 spiro atoms. The maximum atomic E-state index is 12.7. The number of aliphatic hydroxyl groups is 1. The highest BCUT2D eigenvalue weighted by atomic mass is 32.2. The van der Waals surface area contributed by atoms with Crippen LogP contribution < -0.4 is 26.4 Å². The zero-order valence-electron chi connectivity index (χ0n) is 24.1. The van der Waals surface area contributed by atoms with Gasteiger partial charge in [0.2, 0.25) is 10.0 Å². The van der Waals surface area contributed by atoms with Crippen molar-refractivity contribution in [2.75, 3.05) is 30.3 Å². The molecule has 7 N–H and O–H groups in total. The number of benzene rings is 2. The van der Waals surface area contributed by atoms with E-state index in [-0.39, 0.29) is 17.5 Å². The van der Waals surface area contributed by atoms with E-state index in [0.29, 0.717) is 22.7 Å². The minimum Gasteiger partial charge on any atom is -0.397 e. The molecule has 0 bridgehead atoms. The highest BCUT2D eigenvalue weighted by Crippen LogP contribution is 2.37. The van der Waals surface area contributed by atoms with Crippen molar-refractivity contribution in [1.82, 2.24) is 15.0 Å². The molecular weight excluding hydrogens is 585 g/mol. The molecule has 1 saturated heterocycles. The van der Waals surface area contributed by atoms with Gasteiger partial charge in [-0.05, 0) is 54.2 Å². The minimum atomic E-state index is -3.66. The van der Waals surface area contributed by atoms with Crippen molar-refractivity contribution in [3.8, 4) is 0 Å². The molecule has 2 aromatic heterocycles. The Labute approximate surface area is 256 Å². The highest BCUT2D eigenvalue weighted by Gasteiger charge is 2.24. The van der Waals surface area contributed by atoms with E-state index in [1.165, 1.54) is 23.5 Å². The van der Waals surface area contributed by atoms with Crippen LogP contribution in [0.4, 0.5) is 11.5 Å². The maximum absolute atomic E-state index is 12.7. The summed E-state index contributed by atoms with van der Waals surface area (Å²) < 4.78 is 28.0. The molecule has 43 heavy (non-hydrogen) atoms. The first-order valence-electron chi connectivity index (χ1n) is 14.5. The number of nitrogens with zero attached hydrogens (tertiary/aromatic N) is 2. The third-order valence-corrected chi connectivity index (χ3v) is 10.3. The fourth-order valence-electron chi connectivity index (χ4n) is 5.43. The molecule has 228 valence electrons. The van der Waals surface area contributed by atoms with Crippen molar-refractivity contribution in [3.05, 3.63) is 82.2 Å². The first-order valence-corrected chi connectivity index (χ1v) is 16.8. The van der Waals surface area contributed by atoms with Crippen LogP contribution in [0.1, 0.15) is 58.7 Å². The van der Waals surface area contributed by atoms with Gasteiger partial charge in [-0.1, -0.05) is 55.8 Å². The summed E-state index contributed by atoms with van der Waals surface area (Å²) in [6, 6.07) is 18.0. The largest absolute Gasteiger partial charge is 0.397 e. The van der Waals surface area contributed by atoms with Gasteiger partial charge in [-0.25, -0.2) is 18.1 Å². The molecule has 1 unspecified atom stereocenters. The van der Waals surface area contributed by atoms with E-state index < -0.39 is 22.0 Å². The Morgan fingerprint density at radius 3 is 2.49 bits per heavy atom. The number of aliphatic hydroxyl groups excluding tert-OH is 1. The Morgan fingerprint density at radius 2 is 1.84 bits per heavy atom. The van der Waals surface area contributed by atoms with Gasteiger partial charge in [0.1, 0.15) is 15.5 Å². The predicted molar refractivity (Wildman–Crippen MR) is 172 cm³/mol. The smallest absolute Gasteiger partial charge is 0.260 e. The van der Waals surface area contributed by atoms with E-state index >= 15 is 0 Å². The van der Waals surface area contributed by atoms with Crippen LogP contribution in [-0.4, -0.2) is 50.1 Å². The van der Waals surface area contributed by atoms with Gasteiger partial charge in [0.05, 0.1) is 16.7 Å². The van der Waals surface area contributed by atoms with Crippen LogP contribution in [0.3, 0.4) is 0 Å². The van der Waals surface area contributed by atoms with Crippen molar-refractivity contribution >= 4 is 49.0 Å². The van der Waals surface area contributed by atoms with E-state index in [1.54, 1.807) is 12.1 Å². The Kier molecular flexibility index (Phi) is 9.62. The van der Waals surface area contributed by atoms with Crippen LogP contribution in [0, 0.1) is 0 Å². The first kappa shape index (κ1) is 30.9. The number of rotatable bonds is 12. The van der Waals surface area contributed by atoms with Crippen LogP contribution >= 0.6 is 11.3 Å². The zero-order chi connectivity index (χ0) is 30.6. The summed E-state index contributed by atoms with van der Waals surface area (Å²) in [4.78, 5) is 20.2. The third kappa shape index (κ3) is 7.16. The molecule has 1 fully saturated rings. The number of anilines is 2. The second-order valence-electron chi connectivity index (χ2n) is 10.8. The standard InChI is InChI=1S/C31H38N6O4S2/c1-2-6-22-17-26(36-31-27(22)28(32)29(42-31)30(33)39)37-15-13-23(14-16-37)34-19-25(38)21-9-11-24(12-10-21)43(40,41)35-18-20-7-4-3-5-8-20/h3-5,7-12,17,23,25,34-35,38H,2,6,13-16,18-19,32H2,1H3,(H2,33,39). The monoisotopic (exact) mass is 622 g/mol. The predicted octanol–water partition coefficient (Wildman–Crippen LogP) is 3.70. The summed E-state index contributed by atoms with van der Waals surface area (Å²) in [6.07, 6.45) is 2.75. The quantitative estimate of drug-likeness (QED) is 0.160. The Morgan fingerprint density at radius 1 is 1.14 bits per heavy atom. The molecule has 12 heteroatoms. The van der Waals surface area contributed by atoms with Crippen molar-refractivity contribution in [3.63, 3.8) is 0 Å². The molecular formula is C31H38N6O4S2. The number of sulfonamides is 1. The van der Waals surface area contributed by atoms with Gasteiger partial charge in [-0.3, -0.25) is 4.79 Å². The number of nitrogen functional groups attached to an aromatic ring is 1. The van der Waals surface area contributed by atoms with E-state index in [1.807, 2.05) is 30.3 Å². The topological polar surface area (TPSA) is 164 Å². The Hall–Kier alpha value is -3.55. The van der Waals surface area contributed by atoms with Gasteiger partial charge in [0, 0.05) is 37.6 Å². The fraction of sp³-hybridized carbons (Fsp3) is 0.355. The zero-order valence-corrected chi connectivity index (χ0v) is 25.8. The normalized spacial score (nSPS) is 15.2. The molecule has 0 radical (unpaired) electrons. The molecule has 2 aromatic carbocycles. The molecule has 5 rings (SSSR count). The molecule has 0 saturated carbocycles. The molecule has 1 amide bonds. The number of hydrogen-bond acceptors (Lipinski definition) is 9. The lowest BCUT2D eigenvalue weighted by Crippen LogP contribution is -2.44. The molecule has 1 atom stereocenters. The SMILES string of the molecule is CCCc1cc(N2CCC(NCC(O)c3ccc(S(=O)(=O)NCc4ccccc4)cc3)CC2)nc2sc(C(N)=O)c(N)c12. The number of carbonyl (C=O) groups is 1. The molecule has 1 aliphatic heterocycles. The van der Waals surface area contributed by atoms with Crippen LogP contribution in [0.25, 0.3) is 10.2 Å². The lowest BCUT2D eigenvalue weighted by Gasteiger charge is -2.34. The molecule has 3 heterocycles. The Balaban J connectivity index is 1.15. The third-order valence-electron chi connectivity index (χ3n) is 7.81. The molecule has 4 aromatic rings. The fourth-order valence-corrected chi connectivity index (χ4v) is 7.44. The number of nitrogens with one attached hydrogen (secondary N) is 2. The first-order chi connectivity index (χ1) is 20.7. The molecule has 0 aliphatic carbocycles. The number of primary amides is 1. The second-order valence-corrected chi connectivity index (χ2v) is 13.6. The van der Waals surface area contributed by atoms with Gasteiger partial charge in [0.15, 0.2) is 0 Å². The summed E-state index contributed by atoms with van der Waals surface area (Å²) in [7, 11) is -3.66. The van der Waals surface area contributed by atoms with Crippen LogP contribution in [0.15, 0.2) is 65.6 Å². The van der Waals surface area contributed by atoms with E-state index in [0.717, 1.165) is 65.9 Å². The summed E-state index contributed by atoms with van der Waals surface area (Å²) >= 11 is 1.25. The lowest BCUT2D eigenvalue weighted by molar-refractivity contribution is 0.100. The maximum Gasteiger partial charge on any atom is 0.260 e. The van der Waals surface area contributed by atoms with Gasteiger partial charge in [-0.15, -0.1) is 11.3 Å². The van der Waals surface area contributed by atoms with Gasteiger partial charge in [-0.2, -0.15) is 0 Å². The van der Waals surface area contributed by atoms with Crippen molar-refractivity contribution in [2.24, 2.45) is 5.73 Å². The van der Waals surface area contributed by atoms with Gasteiger partial charge in [0.25, 0.3) is 5.91 Å². The number of hydrogen-bond donors (Lipinski definition) is 5. The van der Waals surface area contributed by atoms with Crippen molar-refractivity contribution < 1.29 is 18.3 Å². The summed E-state index contributed by atoms with van der Waals surface area (Å²) in [5.74, 6) is 0.343. The number of carbonyl (C=O) groups excluding carboxylic acids is 1. The number of nitrogens with two attached hydrogens (primary N) is 2. The number of fused-ring (bicyclic) bond motifs is 1.